The summed E-state index contributed by atoms with van der Waals surface area (Å²) in [5.74, 6) is 3.63. The Kier molecular flexibility index (Phi) is 7.04. The molecular formula is C38H50S. The molecule has 0 bridgehead atoms. The van der Waals surface area contributed by atoms with Gasteiger partial charge < -0.3 is 0 Å². The number of thiophene rings is 1. The second kappa shape index (κ2) is 10.8. The van der Waals surface area contributed by atoms with Crippen molar-refractivity contribution < 1.29 is 0 Å². The van der Waals surface area contributed by atoms with Crippen LogP contribution in [0.2, 0.25) is 0 Å². The summed E-state index contributed by atoms with van der Waals surface area (Å²) >= 11 is 2.18. The van der Waals surface area contributed by atoms with E-state index in [2.05, 4.69) is 23.5 Å². The number of rotatable bonds is 3. The summed E-state index contributed by atoms with van der Waals surface area (Å²) in [6, 6.07) is 0. The zero-order valence-corrected chi connectivity index (χ0v) is 25.2. The Morgan fingerprint density at radius 3 is 2.03 bits per heavy atom. The molecule has 0 radical (unpaired) electrons. The van der Waals surface area contributed by atoms with Crippen LogP contribution >= 0.6 is 11.3 Å². The largest absolute Gasteiger partial charge is 0.140 e. The predicted octanol–water partition coefficient (Wildman–Crippen LogP) is 11.3. The number of fused-ring (bicyclic) bond motifs is 5. The SMILES string of the molecule is C1=C(C2=C3CCCCC3=C(C3=CCCC(C4CCCCC4)C3)C3CCCCC23)CCc2c1sc1c2CCCC1. The van der Waals surface area contributed by atoms with Gasteiger partial charge in [0.05, 0.1) is 0 Å². The molecule has 7 aliphatic rings. The molecule has 3 saturated carbocycles. The van der Waals surface area contributed by atoms with Gasteiger partial charge in [-0.3, -0.25) is 0 Å². The normalized spacial score (nSPS) is 31.6. The number of aryl methyl sites for hydroxylation is 1. The van der Waals surface area contributed by atoms with E-state index in [-0.39, 0.29) is 0 Å². The van der Waals surface area contributed by atoms with Crippen molar-refractivity contribution in [3.63, 3.8) is 0 Å². The van der Waals surface area contributed by atoms with E-state index in [9.17, 15) is 0 Å². The molecule has 0 amide bonds. The third-order valence-corrected chi connectivity index (χ3v) is 13.6. The van der Waals surface area contributed by atoms with Crippen LogP contribution in [-0.2, 0) is 19.3 Å². The second-order valence-corrected chi connectivity index (χ2v) is 15.5. The molecule has 0 aliphatic heterocycles. The Balaban J connectivity index is 1.20. The fourth-order valence-electron chi connectivity index (χ4n) is 10.5. The predicted molar refractivity (Wildman–Crippen MR) is 167 cm³/mol. The molecule has 3 atom stereocenters. The Hall–Kier alpha value is -1.34. The summed E-state index contributed by atoms with van der Waals surface area (Å²) in [5, 5.41) is 0. The minimum Gasteiger partial charge on any atom is -0.140 e. The second-order valence-electron chi connectivity index (χ2n) is 14.4. The van der Waals surface area contributed by atoms with Gasteiger partial charge in [-0.2, -0.15) is 0 Å². The monoisotopic (exact) mass is 538 g/mol. The van der Waals surface area contributed by atoms with Gasteiger partial charge in [0.15, 0.2) is 0 Å². The van der Waals surface area contributed by atoms with E-state index in [1.54, 1.807) is 26.5 Å². The Bertz CT molecular complexity index is 1240. The molecule has 39 heavy (non-hydrogen) atoms. The zero-order valence-electron chi connectivity index (χ0n) is 24.4. The molecule has 1 aromatic heterocycles. The topological polar surface area (TPSA) is 0 Å². The van der Waals surface area contributed by atoms with Crippen LogP contribution in [0.4, 0.5) is 0 Å². The van der Waals surface area contributed by atoms with Gasteiger partial charge in [0, 0.05) is 9.75 Å². The molecule has 7 aliphatic carbocycles. The van der Waals surface area contributed by atoms with Crippen LogP contribution in [0.5, 0.6) is 0 Å². The molecule has 1 heteroatoms. The van der Waals surface area contributed by atoms with Crippen LogP contribution in [0.1, 0.15) is 143 Å². The third-order valence-electron chi connectivity index (χ3n) is 12.3. The van der Waals surface area contributed by atoms with Gasteiger partial charge >= 0.3 is 0 Å². The van der Waals surface area contributed by atoms with E-state index in [4.69, 9.17) is 0 Å². The van der Waals surface area contributed by atoms with Gasteiger partial charge in [0.25, 0.3) is 0 Å². The number of hydrogen-bond acceptors (Lipinski definition) is 1. The van der Waals surface area contributed by atoms with E-state index in [1.165, 1.54) is 141 Å². The molecule has 3 unspecified atom stereocenters. The van der Waals surface area contributed by atoms with Crippen LogP contribution < -0.4 is 0 Å². The van der Waals surface area contributed by atoms with Gasteiger partial charge in [-0.05, 0) is 171 Å². The van der Waals surface area contributed by atoms with Crippen molar-refractivity contribution in [2.75, 3.05) is 0 Å². The highest BCUT2D eigenvalue weighted by Gasteiger charge is 2.42. The fraction of sp³-hybridized carbons (Fsp3) is 0.684. The molecular weight excluding hydrogens is 488 g/mol. The van der Waals surface area contributed by atoms with Gasteiger partial charge in [-0.1, -0.05) is 51.0 Å². The van der Waals surface area contributed by atoms with E-state index < -0.39 is 0 Å². The molecule has 0 aromatic carbocycles. The van der Waals surface area contributed by atoms with Gasteiger partial charge in [0.1, 0.15) is 0 Å². The molecule has 0 N–H and O–H groups in total. The molecule has 0 nitrogen and oxygen atoms in total. The van der Waals surface area contributed by atoms with Crippen LogP contribution in [0.15, 0.2) is 39.5 Å². The van der Waals surface area contributed by atoms with Crippen molar-refractivity contribution in [3.05, 3.63) is 60.4 Å². The lowest BCUT2D eigenvalue weighted by molar-refractivity contribution is 0.227. The maximum absolute atomic E-state index is 2.76. The van der Waals surface area contributed by atoms with Crippen molar-refractivity contribution in [1.82, 2.24) is 0 Å². The molecule has 208 valence electrons. The molecule has 1 aromatic rings. The Labute approximate surface area is 242 Å². The highest BCUT2D eigenvalue weighted by atomic mass is 32.1. The minimum atomic E-state index is 0.809. The van der Waals surface area contributed by atoms with Crippen molar-refractivity contribution in [3.8, 4) is 0 Å². The maximum atomic E-state index is 2.76. The average Bonchev–Trinajstić information content (AvgIpc) is 3.38. The standard InChI is InChI=1S/C38H50S/c1-2-11-25(12-3-1)26-13-10-14-27(23-26)37-31-16-4-6-18-33(31)38(34-19-7-5-17-32(34)37)28-21-22-30-29-15-8-9-20-35(29)39-36(30)24-28/h14,24-26,31,33H,1-13,15-23H2. The lowest BCUT2D eigenvalue weighted by atomic mass is 9.58. The van der Waals surface area contributed by atoms with Gasteiger partial charge in [0.2, 0.25) is 0 Å². The third kappa shape index (κ3) is 4.52. The molecule has 0 spiro atoms. The van der Waals surface area contributed by atoms with E-state index in [0.717, 1.165) is 23.7 Å². The van der Waals surface area contributed by atoms with Crippen molar-refractivity contribution >= 4 is 17.4 Å². The lowest BCUT2D eigenvalue weighted by Crippen LogP contribution is -2.33. The summed E-state index contributed by atoms with van der Waals surface area (Å²) in [4.78, 5) is 3.42. The first-order valence-corrected chi connectivity index (χ1v) is 18.2. The highest BCUT2D eigenvalue weighted by molar-refractivity contribution is 7.13. The quantitative estimate of drug-likeness (QED) is 0.359. The van der Waals surface area contributed by atoms with Crippen molar-refractivity contribution in [2.24, 2.45) is 23.7 Å². The van der Waals surface area contributed by atoms with Crippen molar-refractivity contribution in [2.45, 2.75) is 141 Å². The van der Waals surface area contributed by atoms with E-state index in [1.807, 2.05) is 27.9 Å². The van der Waals surface area contributed by atoms with Crippen LogP contribution in [0.25, 0.3) is 6.08 Å². The molecule has 8 rings (SSSR count). The fourth-order valence-corrected chi connectivity index (χ4v) is 12.0. The van der Waals surface area contributed by atoms with Crippen molar-refractivity contribution in [1.29, 1.82) is 0 Å². The summed E-state index contributed by atoms with van der Waals surface area (Å²) < 4.78 is 0. The Morgan fingerprint density at radius 2 is 1.23 bits per heavy atom. The van der Waals surface area contributed by atoms with E-state index >= 15 is 0 Å². The highest BCUT2D eigenvalue weighted by Crippen LogP contribution is 2.56. The lowest BCUT2D eigenvalue weighted by Gasteiger charge is -2.46. The summed E-state index contributed by atoms with van der Waals surface area (Å²) in [6.07, 6.45) is 36.8. The number of allylic oxidation sites excluding steroid dienone is 7. The summed E-state index contributed by atoms with van der Waals surface area (Å²) in [5.41, 5.74) is 14.8. The molecule has 1 heterocycles. The first-order valence-electron chi connectivity index (χ1n) is 17.4. The molecule has 3 fully saturated rings. The minimum absolute atomic E-state index is 0.809. The van der Waals surface area contributed by atoms with E-state index in [0.29, 0.717) is 0 Å². The Morgan fingerprint density at radius 1 is 0.538 bits per heavy atom. The molecule has 0 saturated heterocycles. The smallest absolute Gasteiger partial charge is 0.0311 e. The van der Waals surface area contributed by atoms with Gasteiger partial charge in [-0.25, -0.2) is 0 Å². The van der Waals surface area contributed by atoms with Gasteiger partial charge in [-0.15, -0.1) is 11.3 Å². The zero-order chi connectivity index (χ0) is 25.8. The van der Waals surface area contributed by atoms with Crippen LogP contribution in [-0.4, -0.2) is 0 Å². The summed E-state index contributed by atoms with van der Waals surface area (Å²) in [6.45, 7) is 0. The maximum Gasteiger partial charge on any atom is 0.0311 e. The van der Waals surface area contributed by atoms with Crippen LogP contribution in [0.3, 0.4) is 0 Å². The number of hydrogen-bond donors (Lipinski definition) is 0. The summed E-state index contributed by atoms with van der Waals surface area (Å²) in [7, 11) is 0. The first kappa shape index (κ1) is 25.4. The average molecular weight is 539 g/mol. The van der Waals surface area contributed by atoms with Crippen LogP contribution in [0, 0.1) is 23.7 Å². The first-order chi connectivity index (χ1) is 19.3.